The first-order chi connectivity index (χ1) is 17.2. The Morgan fingerprint density at radius 1 is 1.00 bits per heavy atom. The van der Waals surface area contributed by atoms with E-state index < -0.39 is 0 Å². The summed E-state index contributed by atoms with van der Waals surface area (Å²) in [6, 6.07) is 17.2. The third-order valence-corrected chi connectivity index (χ3v) is 8.64. The van der Waals surface area contributed by atoms with Gasteiger partial charge in [0.15, 0.2) is 0 Å². The predicted molar refractivity (Wildman–Crippen MR) is 140 cm³/mol. The van der Waals surface area contributed by atoms with Crippen LogP contribution in [0.3, 0.4) is 0 Å². The Labute approximate surface area is 209 Å². The summed E-state index contributed by atoms with van der Waals surface area (Å²) >= 11 is 1.73. The van der Waals surface area contributed by atoms with Crippen LogP contribution in [0.25, 0.3) is 10.9 Å². The lowest BCUT2D eigenvalue weighted by Gasteiger charge is -2.34. The van der Waals surface area contributed by atoms with Crippen LogP contribution in [0.5, 0.6) is 0 Å². The highest BCUT2D eigenvalue weighted by molar-refractivity contribution is 7.08. The lowest BCUT2D eigenvalue weighted by molar-refractivity contribution is 0.0783. The number of hydrogen-bond donors (Lipinski definition) is 1. The first-order valence-corrected chi connectivity index (χ1v) is 13.5. The molecule has 0 aliphatic carbocycles. The molecule has 180 valence electrons. The summed E-state index contributed by atoms with van der Waals surface area (Å²) in [5.41, 5.74) is 4.29. The van der Waals surface area contributed by atoms with E-state index in [1.807, 2.05) is 42.6 Å². The van der Waals surface area contributed by atoms with Crippen molar-refractivity contribution in [1.29, 1.82) is 0 Å². The molecule has 0 spiro atoms. The molecule has 1 amide bonds. The monoisotopic (exact) mass is 487 g/mol. The van der Waals surface area contributed by atoms with Gasteiger partial charge in [-0.25, -0.2) is 4.39 Å². The lowest BCUT2D eigenvalue weighted by atomic mass is 9.87. The van der Waals surface area contributed by atoms with Gasteiger partial charge in [-0.15, -0.1) is 0 Å². The largest absolute Gasteiger partial charge is 0.361 e. The van der Waals surface area contributed by atoms with Crippen LogP contribution < -0.4 is 0 Å². The van der Waals surface area contributed by atoms with E-state index in [1.165, 1.54) is 11.1 Å². The second-order valence-corrected chi connectivity index (χ2v) is 10.8. The van der Waals surface area contributed by atoms with Crippen molar-refractivity contribution in [3.8, 4) is 0 Å². The van der Waals surface area contributed by atoms with Crippen LogP contribution in [-0.2, 0) is 0 Å². The molecule has 2 aromatic heterocycles. The van der Waals surface area contributed by atoms with Crippen LogP contribution in [-0.4, -0.2) is 53.4 Å². The van der Waals surface area contributed by atoms with Crippen LogP contribution in [0.4, 0.5) is 4.39 Å². The smallest absolute Gasteiger partial charge is 0.256 e. The van der Waals surface area contributed by atoms with E-state index in [0.29, 0.717) is 17.8 Å². The van der Waals surface area contributed by atoms with Crippen molar-refractivity contribution in [2.75, 3.05) is 32.7 Å². The molecular formula is C29H30FN3OS. The number of nitrogens with zero attached hydrogens (tertiary/aromatic N) is 2. The molecule has 35 heavy (non-hydrogen) atoms. The van der Waals surface area contributed by atoms with Gasteiger partial charge in [-0.2, -0.15) is 11.3 Å². The topological polar surface area (TPSA) is 39.3 Å². The van der Waals surface area contributed by atoms with Crippen molar-refractivity contribution < 1.29 is 9.18 Å². The summed E-state index contributed by atoms with van der Waals surface area (Å²) in [4.78, 5) is 21.5. The normalized spacial score (nSPS) is 21.7. The molecule has 4 heterocycles. The van der Waals surface area contributed by atoms with Crippen molar-refractivity contribution in [3.63, 3.8) is 0 Å². The number of carbonyl (C=O) groups excluding carboxylic acids is 1. The zero-order chi connectivity index (χ0) is 23.8. The Morgan fingerprint density at radius 3 is 2.60 bits per heavy atom. The SMILES string of the molecule is O=C(c1cccc2cc[nH]c12)N1C[C@@H](CN2CCC(c3ccc(F)cc3)CC2)[C@H](c2ccsc2)C1. The highest BCUT2D eigenvalue weighted by Crippen LogP contribution is 2.37. The molecule has 6 heteroatoms. The molecule has 2 aliphatic heterocycles. The number of hydrogen-bond acceptors (Lipinski definition) is 3. The number of carbonyl (C=O) groups is 1. The molecule has 6 rings (SSSR count). The fourth-order valence-corrected chi connectivity index (χ4v) is 6.76. The van der Waals surface area contributed by atoms with Gasteiger partial charge in [0.1, 0.15) is 5.82 Å². The summed E-state index contributed by atoms with van der Waals surface area (Å²) in [5.74, 6) is 1.23. The van der Waals surface area contributed by atoms with Crippen molar-refractivity contribution in [3.05, 3.63) is 94.1 Å². The molecule has 2 saturated heterocycles. The Balaban J connectivity index is 1.16. The molecule has 0 bridgehead atoms. The number of aromatic nitrogens is 1. The zero-order valence-electron chi connectivity index (χ0n) is 19.7. The number of para-hydroxylation sites is 1. The van der Waals surface area contributed by atoms with Gasteiger partial charge < -0.3 is 14.8 Å². The molecule has 2 fully saturated rings. The number of nitrogens with one attached hydrogen (secondary N) is 1. The van der Waals surface area contributed by atoms with E-state index in [-0.39, 0.29) is 11.7 Å². The number of benzene rings is 2. The average molecular weight is 488 g/mol. The zero-order valence-corrected chi connectivity index (χ0v) is 20.5. The highest BCUT2D eigenvalue weighted by Gasteiger charge is 2.38. The van der Waals surface area contributed by atoms with Gasteiger partial charge in [0.05, 0.1) is 11.1 Å². The number of amides is 1. The fourth-order valence-electron chi connectivity index (χ4n) is 6.03. The number of halogens is 1. The van der Waals surface area contributed by atoms with E-state index >= 15 is 0 Å². The summed E-state index contributed by atoms with van der Waals surface area (Å²) in [7, 11) is 0. The molecule has 2 aliphatic rings. The van der Waals surface area contributed by atoms with Crippen LogP contribution in [0.1, 0.15) is 46.2 Å². The van der Waals surface area contributed by atoms with Crippen LogP contribution in [0, 0.1) is 11.7 Å². The maximum atomic E-state index is 13.6. The van der Waals surface area contributed by atoms with Gasteiger partial charge >= 0.3 is 0 Å². The van der Waals surface area contributed by atoms with Crippen LogP contribution in [0.15, 0.2) is 71.6 Å². The van der Waals surface area contributed by atoms with Crippen LogP contribution >= 0.6 is 11.3 Å². The van der Waals surface area contributed by atoms with E-state index in [4.69, 9.17) is 0 Å². The first-order valence-electron chi connectivity index (χ1n) is 12.5. The summed E-state index contributed by atoms with van der Waals surface area (Å²) in [6.45, 7) is 4.65. The second-order valence-electron chi connectivity index (χ2n) is 10.0. The maximum Gasteiger partial charge on any atom is 0.256 e. The van der Waals surface area contributed by atoms with Gasteiger partial charge in [0.25, 0.3) is 5.91 Å². The third kappa shape index (κ3) is 4.53. The number of fused-ring (bicyclic) bond motifs is 1. The Kier molecular flexibility index (Phi) is 6.17. The minimum atomic E-state index is -0.168. The first kappa shape index (κ1) is 22.5. The fraction of sp³-hybridized carbons (Fsp3) is 0.345. The number of H-pyrrole nitrogens is 1. The molecule has 0 unspecified atom stereocenters. The number of rotatable bonds is 5. The van der Waals surface area contributed by atoms with Gasteiger partial charge in [0.2, 0.25) is 0 Å². The minimum absolute atomic E-state index is 0.121. The molecule has 0 saturated carbocycles. The van der Waals surface area contributed by atoms with Gasteiger partial charge in [-0.05, 0) is 90.0 Å². The predicted octanol–water partition coefficient (Wildman–Crippen LogP) is 6.10. The highest BCUT2D eigenvalue weighted by atomic mass is 32.1. The molecule has 0 radical (unpaired) electrons. The third-order valence-electron chi connectivity index (χ3n) is 7.94. The molecule has 2 aromatic carbocycles. The molecule has 1 N–H and O–H groups in total. The number of piperidine rings is 1. The Morgan fingerprint density at radius 2 is 1.83 bits per heavy atom. The van der Waals surface area contributed by atoms with Gasteiger partial charge in [0, 0.05) is 37.1 Å². The minimum Gasteiger partial charge on any atom is -0.361 e. The quantitative estimate of drug-likeness (QED) is 0.369. The molecular weight excluding hydrogens is 457 g/mol. The van der Waals surface area contributed by atoms with Gasteiger partial charge in [-0.1, -0.05) is 24.3 Å². The van der Waals surface area contributed by atoms with E-state index in [2.05, 4.69) is 31.6 Å². The maximum absolute atomic E-state index is 13.6. The van der Waals surface area contributed by atoms with Crippen LogP contribution in [0.2, 0.25) is 0 Å². The average Bonchev–Trinajstić information content (AvgIpc) is 3.65. The van der Waals surface area contributed by atoms with E-state index in [0.717, 1.165) is 62.0 Å². The van der Waals surface area contributed by atoms with Crippen molar-refractivity contribution in [2.45, 2.75) is 24.7 Å². The van der Waals surface area contributed by atoms with E-state index in [9.17, 15) is 9.18 Å². The summed E-state index contributed by atoms with van der Waals surface area (Å²) in [6.07, 6.45) is 4.09. The van der Waals surface area contributed by atoms with E-state index in [1.54, 1.807) is 23.5 Å². The second kappa shape index (κ2) is 9.59. The standard InChI is InChI=1S/C29H30FN3OS/c30-25-6-4-20(5-7-25)21-9-13-32(14-10-21)16-24-17-33(18-27(24)23-11-15-35-19-23)29(34)26-3-1-2-22-8-12-31-28(22)26/h1-8,11-12,15,19,21,24,27,31H,9-10,13-14,16-18H2/t24-,27+/m1/s1. The lowest BCUT2D eigenvalue weighted by Crippen LogP contribution is -2.38. The number of likely N-dealkylation sites (tertiary alicyclic amines) is 2. The molecule has 4 aromatic rings. The number of thiophene rings is 1. The molecule has 2 atom stereocenters. The Bertz CT molecular complexity index is 1290. The number of aromatic amines is 1. The van der Waals surface area contributed by atoms with Crippen molar-refractivity contribution in [1.82, 2.24) is 14.8 Å². The van der Waals surface area contributed by atoms with Crippen molar-refractivity contribution in [2.24, 2.45) is 5.92 Å². The Hall–Kier alpha value is -2.96. The summed E-state index contributed by atoms with van der Waals surface area (Å²) in [5, 5.41) is 5.47. The molecule has 4 nitrogen and oxygen atoms in total. The van der Waals surface area contributed by atoms with Gasteiger partial charge in [-0.3, -0.25) is 4.79 Å². The summed E-state index contributed by atoms with van der Waals surface area (Å²) < 4.78 is 13.3. The van der Waals surface area contributed by atoms with Crippen molar-refractivity contribution >= 4 is 28.1 Å².